The van der Waals surface area contributed by atoms with Crippen LogP contribution >= 0.6 is 0 Å². The Morgan fingerprint density at radius 3 is 2.67 bits per heavy atom. The number of aromatic nitrogens is 2. The normalized spacial score (nSPS) is 13.6. The molecule has 1 heterocycles. The summed E-state index contributed by atoms with van der Waals surface area (Å²) < 4.78 is 13.5. The molecule has 0 radical (unpaired) electrons. The van der Waals surface area contributed by atoms with Gasteiger partial charge in [-0.25, -0.2) is 14.4 Å². The second-order valence-corrected chi connectivity index (χ2v) is 5.96. The van der Waals surface area contributed by atoms with Crippen molar-refractivity contribution in [1.29, 1.82) is 0 Å². The molecule has 3 rings (SSSR count). The van der Waals surface area contributed by atoms with Crippen molar-refractivity contribution in [3.05, 3.63) is 66.2 Å². The summed E-state index contributed by atoms with van der Waals surface area (Å²) in [5.74, 6) is 0.416. The molecule has 24 heavy (non-hydrogen) atoms. The zero-order chi connectivity index (χ0) is 16.9. The fourth-order valence-corrected chi connectivity index (χ4v) is 2.86. The lowest BCUT2D eigenvalue weighted by Crippen LogP contribution is -2.18. The standard InChI is InChI=1S/C19H20FN3O/c1-13(24)9-15(14-5-3-2-4-6-14)11-21-19-17-10-16(20)7-8-18(17)22-12-23-19/h2-8,10,12-13,15,24H,9,11H2,1H3,(H,21,22,23). The first kappa shape index (κ1) is 16.3. The lowest BCUT2D eigenvalue weighted by Gasteiger charge is -2.20. The van der Waals surface area contributed by atoms with Crippen molar-refractivity contribution in [3.8, 4) is 0 Å². The molecular formula is C19H20FN3O. The van der Waals surface area contributed by atoms with Crippen molar-refractivity contribution < 1.29 is 9.50 Å². The number of nitrogens with one attached hydrogen (secondary N) is 1. The van der Waals surface area contributed by atoms with E-state index in [0.717, 1.165) is 5.56 Å². The van der Waals surface area contributed by atoms with E-state index < -0.39 is 6.10 Å². The molecule has 0 bridgehead atoms. The molecule has 5 heteroatoms. The molecule has 0 aliphatic rings. The molecule has 2 aromatic carbocycles. The van der Waals surface area contributed by atoms with Crippen molar-refractivity contribution in [2.45, 2.75) is 25.4 Å². The average Bonchev–Trinajstić information content (AvgIpc) is 2.59. The summed E-state index contributed by atoms with van der Waals surface area (Å²) in [6.07, 6.45) is 1.69. The van der Waals surface area contributed by atoms with Crippen LogP contribution in [0.4, 0.5) is 10.2 Å². The third-order valence-electron chi connectivity index (χ3n) is 4.01. The molecule has 1 aromatic heterocycles. The van der Waals surface area contributed by atoms with Crippen molar-refractivity contribution in [2.75, 3.05) is 11.9 Å². The predicted molar refractivity (Wildman–Crippen MR) is 93.5 cm³/mol. The second kappa shape index (κ2) is 7.36. The molecule has 2 atom stereocenters. The predicted octanol–water partition coefficient (Wildman–Crippen LogP) is 3.74. The molecule has 0 spiro atoms. The Labute approximate surface area is 140 Å². The number of anilines is 1. The van der Waals surface area contributed by atoms with Gasteiger partial charge >= 0.3 is 0 Å². The van der Waals surface area contributed by atoms with E-state index in [2.05, 4.69) is 15.3 Å². The Morgan fingerprint density at radius 2 is 1.92 bits per heavy atom. The van der Waals surface area contributed by atoms with Gasteiger partial charge in [0.15, 0.2) is 0 Å². The second-order valence-electron chi connectivity index (χ2n) is 5.96. The van der Waals surface area contributed by atoms with Gasteiger partial charge in [0.05, 0.1) is 11.6 Å². The largest absolute Gasteiger partial charge is 0.393 e. The van der Waals surface area contributed by atoms with Gasteiger partial charge in [-0.05, 0) is 37.1 Å². The third kappa shape index (κ3) is 3.86. The molecule has 3 aromatic rings. The maximum absolute atomic E-state index is 13.5. The number of rotatable bonds is 6. The van der Waals surface area contributed by atoms with Crippen LogP contribution in [0.2, 0.25) is 0 Å². The molecule has 0 saturated carbocycles. The summed E-state index contributed by atoms with van der Waals surface area (Å²) in [5.41, 5.74) is 1.84. The van der Waals surface area contributed by atoms with E-state index in [1.165, 1.54) is 18.5 Å². The fraction of sp³-hybridized carbons (Fsp3) is 0.263. The fourth-order valence-electron chi connectivity index (χ4n) is 2.86. The minimum absolute atomic E-state index is 0.129. The van der Waals surface area contributed by atoms with Crippen LogP contribution in [0.25, 0.3) is 10.9 Å². The van der Waals surface area contributed by atoms with Crippen LogP contribution in [0.1, 0.15) is 24.8 Å². The minimum atomic E-state index is -0.406. The monoisotopic (exact) mass is 325 g/mol. The number of aliphatic hydroxyl groups excluding tert-OH is 1. The first-order valence-corrected chi connectivity index (χ1v) is 8.00. The van der Waals surface area contributed by atoms with Crippen molar-refractivity contribution in [1.82, 2.24) is 9.97 Å². The van der Waals surface area contributed by atoms with Crippen LogP contribution < -0.4 is 5.32 Å². The van der Waals surface area contributed by atoms with E-state index in [-0.39, 0.29) is 11.7 Å². The minimum Gasteiger partial charge on any atom is -0.393 e. The van der Waals surface area contributed by atoms with Gasteiger partial charge in [0, 0.05) is 17.8 Å². The molecule has 0 saturated heterocycles. The van der Waals surface area contributed by atoms with Gasteiger partial charge in [-0.3, -0.25) is 0 Å². The number of hydrogen-bond acceptors (Lipinski definition) is 4. The molecule has 0 amide bonds. The Morgan fingerprint density at radius 1 is 1.12 bits per heavy atom. The number of hydrogen-bond donors (Lipinski definition) is 2. The lowest BCUT2D eigenvalue weighted by atomic mass is 9.93. The third-order valence-corrected chi connectivity index (χ3v) is 4.01. The van der Waals surface area contributed by atoms with E-state index in [1.54, 1.807) is 13.0 Å². The van der Waals surface area contributed by atoms with Crippen molar-refractivity contribution in [2.24, 2.45) is 0 Å². The topological polar surface area (TPSA) is 58.0 Å². The highest BCUT2D eigenvalue weighted by atomic mass is 19.1. The van der Waals surface area contributed by atoms with E-state index in [4.69, 9.17) is 0 Å². The average molecular weight is 325 g/mol. The number of fused-ring (bicyclic) bond motifs is 1. The maximum Gasteiger partial charge on any atom is 0.137 e. The highest BCUT2D eigenvalue weighted by Crippen LogP contribution is 2.24. The van der Waals surface area contributed by atoms with Gasteiger partial charge in [0.25, 0.3) is 0 Å². The van der Waals surface area contributed by atoms with Gasteiger partial charge in [0.1, 0.15) is 18.0 Å². The number of halogens is 1. The SMILES string of the molecule is CC(O)CC(CNc1ncnc2ccc(F)cc12)c1ccccc1. The molecule has 0 aliphatic carbocycles. The highest BCUT2D eigenvalue weighted by molar-refractivity contribution is 5.88. The Bertz CT molecular complexity index is 808. The Kier molecular flexibility index (Phi) is 5.01. The van der Waals surface area contributed by atoms with E-state index >= 15 is 0 Å². The van der Waals surface area contributed by atoms with Gasteiger partial charge in [-0.15, -0.1) is 0 Å². The molecule has 0 fully saturated rings. The smallest absolute Gasteiger partial charge is 0.137 e. The van der Waals surface area contributed by atoms with Crippen molar-refractivity contribution in [3.63, 3.8) is 0 Å². The molecule has 2 unspecified atom stereocenters. The Balaban J connectivity index is 1.83. The van der Waals surface area contributed by atoms with Crippen LogP contribution in [-0.4, -0.2) is 27.7 Å². The van der Waals surface area contributed by atoms with Gasteiger partial charge < -0.3 is 10.4 Å². The van der Waals surface area contributed by atoms with Crippen LogP contribution in [0.5, 0.6) is 0 Å². The maximum atomic E-state index is 13.5. The van der Waals surface area contributed by atoms with Crippen LogP contribution in [0.3, 0.4) is 0 Å². The summed E-state index contributed by atoms with van der Waals surface area (Å²) in [6, 6.07) is 14.5. The highest BCUT2D eigenvalue weighted by Gasteiger charge is 2.15. The van der Waals surface area contributed by atoms with Gasteiger partial charge in [0.2, 0.25) is 0 Å². The molecule has 124 valence electrons. The summed E-state index contributed by atoms with van der Waals surface area (Å²) in [6.45, 7) is 2.38. The summed E-state index contributed by atoms with van der Waals surface area (Å²) in [4.78, 5) is 8.40. The number of nitrogens with zero attached hydrogens (tertiary/aromatic N) is 2. The number of aliphatic hydroxyl groups is 1. The van der Waals surface area contributed by atoms with E-state index in [9.17, 15) is 9.50 Å². The first-order chi connectivity index (χ1) is 11.6. The molecule has 4 nitrogen and oxygen atoms in total. The van der Waals surface area contributed by atoms with Gasteiger partial charge in [-0.2, -0.15) is 0 Å². The number of benzene rings is 2. The Hall–Kier alpha value is -2.53. The first-order valence-electron chi connectivity index (χ1n) is 8.00. The van der Waals surface area contributed by atoms with Crippen LogP contribution in [0.15, 0.2) is 54.9 Å². The van der Waals surface area contributed by atoms with Crippen LogP contribution in [-0.2, 0) is 0 Å². The molecular weight excluding hydrogens is 305 g/mol. The van der Waals surface area contributed by atoms with E-state index in [1.807, 2.05) is 30.3 Å². The summed E-state index contributed by atoms with van der Waals surface area (Å²) in [5, 5.41) is 13.7. The summed E-state index contributed by atoms with van der Waals surface area (Å²) >= 11 is 0. The van der Waals surface area contributed by atoms with E-state index in [0.29, 0.717) is 29.7 Å². The molecule has 0 aliphatic heterocycles. The summed E-state index contributed by atoms with van der Waals surface area (Å²) in [7, 11) is 0. The quantitative estimate of drug-likeness (QED) is 0.725. The zero-order valence-corrected chi connectivity index (χ0v) is 13.5. The molecule has 2 N–H and O–H groups in total. The van der Waals surface area contributed by atoms with Crippen molar-refractivity contribution >= 4 is 16.7 Å². The zero-order valence-electron chi connectivity index (χ0n) is 13.5. The van der Waals surface area contributed by atoms with Crippen LogP contribution in [0, 0.1) is 5.82 Å². The lowest BCUT2D eigenvalue weighted by molar-refractivity contribution is 0.175. The van der Waals surface area contributed by atoms with Gasteiger partial charge in [-0.1, -0.05) is 30.3 Å².